The normalized spacial score (nSPS) is 12.4. The Kier molecular flexibility index (Phi) is 5.57. The van der Waals surface area contributed by atoms with Crippen LogP contribution in [0.25, 0.3) is 0 Å². The molecule has 0 aliphatic heterocycles. The van der Waals surface area contributed by atoms with Crippen LogP contribution >= 0.6 is 23.2 Å². The molecule has 0 bridgehead atoms. The van der Waals surface area contributed by atoms with Gasteiger partial charge in [-0.1, -0.05) is 36.2 Å². The van der Waals surface area contributed by atoms with Gasteiger partial charge in [0.15, 0.2) is 0 Å². The number of hydrogen-bond donors (Lipinski definition) is 1. The molecule has 0 saturated carbocycles. The van der Waals surface area contributed by atoms with Gasteiger partial charge < -0.3 is 5.32 Å². The summed E-state index contributed by atoms with van der Waals surface area (Å²) < 4.78 is 27.5. The molecule has 21 heavy (non-hydrogen) atoms. The summed E-state index contributed by atoms with van der Waals surface area (Å²) in [6.45, 7) is 2.67. The SMILES string of the molecule is CCCNC(c1ccc(Cl)c(Cl)c1)c1cc(F)ccc1F. The lowest BCUT2D eigenvalue weighted by Gasteiger charge is -2.20. The van der Waals surface area contributed by atoms with Crippen molar-refractivity contribution in [3.05, 3.63) is 69.2 Å². The van der Waals surface area contributed by atoms with Crippen LogP contribution in [-0.4, -0.2) is 6.54 Å². The van der Waals surface area contributed by atoms with Gasteiger partial charge in [-0.25, -0.2) is 8.78 Å². The first-order valence-corrected chi connectivity index (χ1v) is 7.41. The van der Waals surface area contributed by atoms with Crippen molar-refractivity contribution in [2.75, 3.05) is 6.54 Å². The fourth-order valence-corrected chi connectivity index (χ4v) is 2.43. The van der Waals surface area contributed by atoms with Crippen LogP contribution < -0.4 is 5.32 Å². The molecular weight excluding hydrogens is 315 g/mol. The smallest absolute Gasteiger partial charge is 0.128 e. The van der Waals surface area contributed by atoms with Gasteiger partial charge in [0.2, 0.25) is 0 Å². The zero-order valence-corrected chi connectivity index (χ0v) is 13.0. The van der Waals surface area contributed by atoms with E-state index in [-0.39, 0.29) is 5.56 Å². The summed E-state index contributed by atoms with van der Waals surface area (Å²) in [5.41, 5.74) is 0.990. The molecule has 0 aliphatic carbocycles. The Hall–Kier alpha value is -1.16. The molecule has 1 atom stereocenters. The van der Waals surface area contributed by atoms with E-state index in [1.165, 1.54) is 6.07 Å². The van der Waals surface area contributed by atoms with Gasteiger partial charge in [0, 0.05) is 5.56 Å². The number of rotatable bonds is 5. The summed E-state index contributed by atoms with van der Waals surface area (Å²) in [5.74, 6) is -0.939. The minimum absolute atomic E-state index is 0.252. The number of nitrogens with one attached hydrogen (secondary N) is 1. The molecule has 1 N–H and O–H groups in total. The molecule has 0 radical (unpaired) electrons. The van der Waals surface area contributed by atoms with Crippen molar-refractivity contribution < 1.29 is 8.78 Å². The van der Waals surface area contributed by atoms with Crippen molar-refractivity contribution in [1.29, 1.82) is 0 Å². The second kappa shape index (κ2) is 7.21. The van der Waals surface area contributed by atoms with Gasteiger partial charge in [-0.05, 0) is 48.9 Å². The van der Waals surface area contributed by atoms with Crippen molar-refractivity contribution in [3.8, 4) is 0 Å². The van der Waals surface area contributed by atoms with Crippen LogP contribution in [0.5, 0.6) is 0 Å². The second-order valence-corrected chi connectivity index (χ2v) is 5.54. The summed E-state index contributed by atoms with van der Waals surface area (Å²) in [5, 5.41) is 4.02. The molecule has 0 fully saturated rings. The van der Waals surface area contributed by atoms with Crippen molar-refractivity contribution in [2.24, 2.45) is 0 Å². The predicted octanol–water partition coefficient (Wildman–Crippen LogP) is 5.36. The lowest BCUT2D eigenvalue weighted by atomic mass is 9.98. The van der Waals surface area contributed by atoms with Gasteiger partial charge in [0.05, 0.1) is 16.1 Å². The van der Waals surface area contributed by atoms with Crippen LogP contribution in [0.2, 0.25) is 10.0 Å². The molecule has 0 spiro atoms. The molecule has 2 aromatic carbocycles. The Balaban J connectivity index is 2.46. The molecule has 0 aliphatic rings. The monoisotopic (exact) mass is 329 g/mol. The molecule has 0 amide bonds. The van der Waals surface area contributed by atoms with Crippen LogP contribution in [-0.2, 0) is 0 Å². The first kappa shape index (κ1) is 16.2. The highest BCUT2D eigenvalue weighted by molar-refractivity contribution is 6.42. The fourth-order valence-electron chi connectivity index (χ4n) is 2.12. The van der Waals surface area contributed by atoms with E-state index in [0.717, 1.165) is 24.1 Å². The average Bonchev–Trinajstić information content (AvgIpc) is 2.46. The maximum atomic E-state index is 14.0. The minimum atomic E-state index is -0.477. The lowest BCUT2D eigenvalue weighted by Crippen LogP contribution is -2.24. The largest absolute Gasteiger partial charge is 0.306 e. The molecule has 2 rings (SSSR count). The highest BCUT2D eigenvalue weighted by Crippen LogP contribution is 2.30. The Morgan fingerprint density at radius 2 is 1.81 bits per heavy atom. The van der Waals surface area contributed by atoms with E-state index in [1.807, 2.05) is 6.92 Å². The number of halogens is 4. The molecule has 5 heteroatoms. The van der Waals surface area contributed by atoms with E-state index in [4.69, 9.17) is 23.2 Å². The Morgan fingerprint density at radius 3 is 2.48 bits per heavy atom. The van der Waals surface area contributed by atoms with E-state index in [1.54, 1.807) is 18.2 Å². The highest BCUT2D eigenvalue weighted by atomic mass is 35.5. The van der Waals surface area contributed by atoms with Crippen molar-refractivity contribution in [1.82, 2.24) is 5.32 Å². The van der Waals surface area contributed by atoms with Crippen molar-refractivity contribution in [3.63, 3.8) is 0 Å². The molecular formula is C16H15Cl2F2N. The summed E-state index contributed by atoms with van der Waals surface area (Å²) in [4.78, 5) is 0. The predicted molar refractivity (Wildman–Crippen MR) is 83.0 cm³/mol. The summed E-state index contributed by atoms with van der Waals surface area (Å²) in [6.07, 6.45) is 0.870. The van der Waals surface area contributed by atoms with Gasteiger partial charge in [0.1, 0.15) is 11.6 Å². The van der Waals surface area contributed by atoms with Crippen LogP contribution in [0.3, 0.4) is 0 Å². The van der Waals surface area contributed by atoms with E-state index < -0.39 is 17.7 Å². The first-order valence-electron chi connectivity index (χ1n) is 6.66. The first-order chi connectivity index (χ1) is 10.0. The summed E-state index contributed by atoms with van der Waals surface area (Å²) in [6, 6.07) is 8.03. The van der Waals surface area contributed by atoms with E-state index in [2.05, 4.69) is 5.32 Å². The molecule has 112 valence electrons. The van der Waals surface area contributed by atoms with Gasteiger partial charge >= 0.3 is 0 Å². The summed E-state index contributed by atoms with van der Waals surface area (Å²) >= 11 is 11.9. The van der Waals surface area contributed by atoms with Crippen LogP contribution in [0, 0.1) is 11.6 Å². The third-order valence-electron chi connectivity index (χ3n) is 3.14. The van der Waals surface area contributed by atoms with Crippen molar-refractivity contribution in [2.45, 2.75) is 19.4 Å². The van der Waals surface area contributed by atoms with E-state index in [9.17, 15) is 8.78 Å². The second-order valence-electron chi connectivity index (χ2n) is 4.73. The van der Waals surface area contributed by atoms with E-state index in [0.29, 0.717) is 16.6 Å². The Bertz CT molecular complexity index is 632. The fraction of sp³-hybridized carbons (Fsp3) is 0.250. The van der Waals surface area contributed by atoms with Gasteiger partial charge in [-0.2, -0.15) is 0 Å². The Morgan fingerprint density at radius 1 is 1.05 bits per heavy atom. The lowest BCUT2D eigenvalue weighted by molar-refractivity contribution is 0.535. The van der Waals surface area contributed by atoms with Crippen LogP contribution in [0.1, 0.15) is 30.5 Å². The molecule has 2 aromatic rings. The highest BCUT2D eigenvalue weighted by Gasteiger charge is 2.19. The average molecular weight is 330 g/mol. The van der Waals surface area contributed by atoms with Crippen LogP contribution in [0.4, 0.5) is 8.78 Å². The molecule has 0 aromatic heterocycles. The standard InChI is InChI=1S/C16H15Cl2F2N/c1-2-7-21-16(10-3-5-13(17)14(18)8-10)12-9-11(19)4-6-15(12)20/h3-6,8-9,16,21H,2,7H2,1H3. The number of hydrogen-bond acceptors (Lipinski definition) is 1. The van der Waals surface area contributed by atoms with Crippen molar-refractivity contribution >= 4 is 23.2 Å². The van der Waals surface area contributed by atoms with Gasteiger partial charge in [0.25, 0.3) is 0 Å². The molecule has 1 unspecified atom stereocenters. The maximum absolute atomic E-state index is 14.0. The molecule has 0 heterocycles. The third kappa shape index (κ3) is 3.94. The molecule has 0 saturated heterocycles. The molecule has 1 nitrogen and oxygen atoms in total. The quantitative estimate of drug-likeness (QED) is 0.778. The van der Waals surface area contributed by atoms with Crippen LogP contribution in [0.15, 0.2) is 36.4 Å². The third-order valence-corrected chi connectivity index (χ3v) is 3.88. The van der Waals surface area contributed by atoms with Gasteiger partial charge in [-0.3, -0.25) is 0 Å². The topological polar surface area (TPSA) is 12.0 Å². The summed E-state index contributed by atoms with van der Waals surface area (Å²) in [7, 11) is 0. The van der Waals surface area contributed by atoms with E-state index >= 15 is 0 Å². The minimum Gasteiger partial charge on any atom is -0.306 e. The zero-order chi connectivity index (χ0) is 15.4. The van der Waals surface area contributed by atoms with Gasteiger partial charge in [-0.15, -0.1) is 0 Å². The zero-order valence-electron chi connectivity index (χ0n) is 11.5. The Labute approximate surface area is 132 Å². The maximum Gasteiger partial charge on any atom is 0.128 e. The number of benzene rings is 2.